The average molecular weight is 322 g/mol. The van der Waals surface area contributed by atoms with Crippen molar-refractivity contribution in [1.29, 1.82) is 0 Å². The van der Waals surface area contributed by atoms with Gasteiger partial charge in [-0.2, -0.15) is 0 Å². The van der Waals surface area contributed by atoms with Gasteiger partial charge in [0.15, 0.2) is 0 Å². The highest BCUT2D eigenvalue weighted by molar-refractivity contribution is 5.76. The van der Waals surface area contributed by atoms with Crippen LogP contribution in [0.3, 0.4) is 0 Å². The van der Waals surface area contributed by atoms with Crippen molar-refractivity contribution in [1.82, 2.24) is 10.3 Å². The molecule has 0 bridgehead atoms. The van der Waals surface area contributed by atoms with Gasteiger partial charge in [-0.25, -0.2) is 0 Å². The maximum atomic E-state index is 12.2. The molecular weight excluding hydrogens is 292 g/mol. The van der Waals surface area contributed by atoms with Crippen LogP contribution in [0.5, 0.6) is 0 Å². The van der Waals surface area contributed by atoms with E-state index in [9.17, 15) is 4.79 Å². The van der Waals surface area contributed by atoms with Crippen molar-refractivity contribution >= 4 is 5.97 Å². The summed E-state index contributed by atoms with van der Waals surface area (Å²) in [6, 6.07) is 3.57. The summed E-state index contributed by atoms with van der Waals surface area (Å²) >= 11 is 0. The summed E-state index contributed by atoms with van der Waals surface area (Å²) in [5, 5.41) is 3.30. The van der Waals surface area contributed by atoms with E-state index < -0.39 is 0 Å². The van der Waals surface area contributed by atoms with Gasteiger partial charge >= 0.3 is 5.97 Å². The minimum atomic E-state index is -0.310. The Morgan fingerprint density at radius 1 is 1.48 bits per heavy atom. The number of aromatic amines is 1. The molecule has 1 fully saturated rings. The first-order valence-corrected chi connectivity index (χ1v) is 8.74. The molecule has 23 heavy (non-hydrogen) atoms. The van der Waals surface area contributed by atoms with Gasteiger partial charge in [-0.3, -0.25) is 10.1 Å². The predicted molar refractivity (Wildman–Crippen MR) is 89.8 cm³/mol. The lowest BCUT2D eigenvalue weighted by atomic mass is 9.86. The number of nitrogens with one attached hydrogen (secondary N) is 2. The highest BCUT2D eigenvalue weighted by Gasteiger charge is 2.37. The maximum Gasteiger partial charge on any atom is 0.323 e. The van der Waals surface area contributed by atoms with E-state index in [-0.39, 0.29) is 24.2 Å². The summed E-state index contributed by atoms with van der Waals surface area (Å²) in [7, 11) is 1.45. The number of H-pyrrole nitrogens is 1. The minimum absolute atomic E-state index is 0.158. The third-order valence-electron chi connectivity index (χ3n) is 4.64. The largest absolute Gasteiger partial charge is 0.468 e. The van der Waals surface area contributed by atoms with E-state index in [1.165, 1.54) is 32.8 Å². The Kier molecular flexibility index (Phi) is 7.12. The Bertz CT molecular complexity index is 461. The predicted octanol–water partition coefficient (Wildman–Crippen LogP) is 3.40. The number of carbonyl (C=O) groups excluding carboxylic acids is 1. The normalized spacial score (nSPS) is 26.0. The molecule has 1 aliphatic heterocycles. The van der Waals surface area contributed by atoms with E-state index in [1.807, 2.05) is 18.3 Å². The third kappa shape index (κ3) is 5.08. The topological polar surface area (TPSA) is 63.3 Å². The lowest BCUT2D eigenvalue weighted by Gasteiger charge is -2.36. The van der Waals surface area contributed by atoms with Crippen LogP contribution < -0.4 is 5.32 Å². The molecular formula is C18H30N2O3. The summed E-state index contributed by atoms with van der Waals surface area (Å²) in [5.74, 6) is 0.548. The number of unbranched alkanes of at least 4 members (excludes halogenated alkanes) is 2. The van der Waals surface area contributed by atoms with Crippen LogP contribution in [0, 0.1) is 11.8 Å². The van der Waals surface area contributed by atoms with Crippen LogP contribution in [-0.2, 0) is 14.3 Å². The molecule has 0 saturated carbocycles. The highest BCUT2D eigenvalue weighted by Crippen LogP contribution is 2.28. The number of carbonyl (C=O) groups is 1. The number of hydrogen-bond acceptors (Lipinski definition) is 4. The lowest BCUT2D eigenvalue weighted by Crippen LogP contribution is -2.52. The average Bonchev–Trinajstić information content (AvgIpc) is 3.09. The molecule has 0 aromatic carbocycles. The van der Waals surface area contributed by atoms with Gasteiger partial charge in [0, 0.05) is 12.1 Å². The van der Waals surface area contributed by atoms with Crippen LogP contribution in [-0.4, -0.2) is 30.7 Å². The summed E-state index contributed by atoms with van der Waals surface area (Å²) in [6.45, 7) is 5.06. The Balaban J connectivity index is 1.94. The molecule has 5 nitrogen and oxygen atoms in total. The second kappa shape index (κ2) is 9.08. The Morgan fingerprint density at radius 3 is 2.96 bits per heavy atom. The van der Waals surface area contributed by atoms with Crippen LogP contribution in [0.4, 0.5) is 0 Å². The SMILES string of the molecule is CCCCC[C@@H](C)C[C@H]1CO[C@H](c2ccc[nH]2)N[C@@H]1C(=O)OC. The molecule has 1 saturated heterocycles. The zero-order valence-electron chi connectivity index (χ0n) is 14.5. The van der Waals surface area contributed by atoms with Crippen LogP contribution in [0.1, 0.15) is 57.9 Å². The number of aromatic nitrogens is 1. The van der Waals surface area contributed by atoms with Crippen molar-refractivity contribution in [2.75, 3.05) is 13.7 Å². The number of methoxy groups -OCH3 is 1. The molecule has 4 atom stereocenters. The smallest absolute Gasteiger partial charge is 0.323 e. The molecule has 1 aromatic heterocycles. The van der Waals surface area contributed by atoms with Crippen LogP contribution >= 0.6 is 0 Å². The maximum absolute atomic E-state index is 12.2. The number of hydrogen-bond donors (Lipinski definition) is 2. The zero-order valence-corrected chi connectivity index (χ0v) is 14.5. The number of esters is 1. The van der Waals surface area contributed by atoms with Gasteiger partial charge in [0.2, 0.25) is 0 Å². The summed E-state index contributed by atoms with van der Waals surface area (Å²) in [6.07, 6.45) is 7.54. The van der Waals surface area contributed by atoms with E-state index in [2.05, 4.69) is 24.1 Å². The van der Waals surface area contributed by atoms with Crippen LogP contribution in [0.2, 0.25) is 0 Å². The van der Waals surface area contributed by atoms with Crippen molar-refractivity contribution < 1.29 is 14.3 Å². The van der Waals surface area contributed by atoms with E-state index >= 15 is 0 Å². The molecule has 1 aromatic rings. The second-order valence-corrected chi connectivity index (χ2v) is 6.60. The van der Waals surface area contributed by atoms with Gasteiger partial charge < -0.3 is 14.5 Å². The van der Waals surface area contributed by atoms with Crippen molar-refractivity contribution in [3.05, 3.63) is 24.0 Å². The fraction of sp³-hybridized carbons (Fsp3) is 0.722. The van der Waals surface area contributed by atoms with Crippen LogP contribution in [0.15, 0.2) is 18.3 Å². The van der Waals surface area contributed by atoms with E-state index in [0.717, 1.165) is 12.1 Å². The van der Waals surface area contributed by atoms with Gasteiger partial charge in [0.25, 0.3) is 0 Å². The van der Waals surface area contributed by atoms with Gasteiger partial charge in [-0.1, -0.05) is 39.5 Å². The Labute approximate surface area is 139 Å². The molecule has 0 aliphatic carbocycles. The van der Waals surface area contributed by atoms with Crippen molar-refractivity contribution in [2.24, 2.45) is 11.8 Å². The number of rotatable bonds is 8. The third-order valence-corrected chi connectivity index (χ3v) is 4.64. The molecule has 0 radical (unpaired) electrons. The van der Waals surface area contributed by atoms with Crippen molar-refractivity contribution in [2.45, 2.75) is 58.2 Å². The molecule has 2 heterocycles. The van der Waals surface area contributed by atoms with Gasteiger partial charge in [0.1, 0.15) is 12.3 Å². The summed E-state index contributed by atoms with van der Waals surface area (Å²) in [4.78, 5) is 15.3. The van der Waals surface area contributed by atoms with E-state index in [1.54, 1.807) is 0 Å². The Morgan fingerprint density at radius 2 is 2.30 bits per heavy atom. The standard InChI is InChI=1S/C18H30N2O3/c1-4-5-6-8-13(2)11-14-12-23-17(15-9-7-10-19-15)20-16(14)18(21)22-3/h7,9-10,13-14,16-17,19-20H,4-6,8,11-12H2,1-3H3/t13-,14+,16+,17-/m1/s1. The number of ether oxygens (including phenoxy) is 2. The first-order valence-electron chi connectivity index (χ1n) is 8.74. The van der Waals surface area contributed by atoms with E-state index in [4.69, 9.17) is 9.47 Å². The van der Waals surface area contributed by atoms with Gasteiger partial charge in [-0.15, -0.1) is 0 Å². The van der Waals surface area contributed by atoms with Crippen molar-refractivity contribution in [3.8, 4) is 0 Å². The fourth-order valence-electron chi connectivity index (χ4n) is 3.32. The van der Waals surface area contributed by atoms with Gasteiger partial charge in [0.05, 0.1) is 19.4 Å². The first kappa shape index (κ1) is 18.0. The minimum Gasteiger partial charge on any atom is -0.468 e. The zero-order chi connectivity index (χ0) is 16.7. The second-order valence-electron chi connectivity index (χ2n) is 6.60. The molecule has 0 amide bonds. The lowest BCUT2D eigenvalue weighted by molar-refractivity contribution is -0.153. The quantitative estimate of drug-likeness (QED) is 0.569. The summed E-state index contributed by atoms with van der Waals surface area (Å²) in [5.41, 5.74) is 0.938. The van der Waals surface area contributed by atoms with Crippen LogP contribution in [0.25, 0.3) is 0 Å². The fourth-order valence-corrected chi connectivity index (χ4v) is 3.32. The van der Waals surface area contributed by atoms with Gasteiger partial charge in [-0.05, 0) is 24.5 Å². The Hall–Kier alpha value is -1.33. The monoisotopic (exact) mass is 322 g/mol. The first-order chi connectivity index (χ1) is 11.2. The van der Waals surface area contributed by atoms with E-state index in [0.29, 0.717) is 12.5 Å². The highest BCUT2D eigenvalue weighted by atomic mass is 16.5. The molecule has 0 spiro atoms. The molecule has 2 rings (SSSR count). The molecule has 0 unspecified atom stereocenters. The summed E-state index contributed by atoms with van der Waals surface area (Å²) < 4.78 is 10.9. The molecule has 1 aliphatic rings. The molecule has 5 heteroatoms. The van der Waals surface area contributed by atoms with Crippen molar-refractivity contribution in [3.63, 3.8) is 0 Å². The molecule has 2 N–H and O–H groups in total. The molecule has 130 valence electrons.